The topological polar surface area (TPSA) is 102 Å². The molecule has 1 aromatic rings. The first-order valence-corrected chi connectivity index (χ1v) is 6.32. The molecule has 0 bridgehead atoms. The summed E-state index contributed by atoms with van der Waals surface area (Å²) in [6.07, 6.45) is 0.775. The van der Waals surface area contributed by atoms with Crippen molar-refractivity contribution in [3.8, 4) is 5.75 Å². The van der Waals surface area contributed by atoms with E-state index < -0.39 is 5.97 Å². The van der Waals surface area contributed by atoms with Crippen LogP contribution in [0.15, 0.2) is 18.2 Å². The van der Waals surface area contributed by atoms with Gasteiger partial charge in [0.1, 0.15) is 11.3 Å². The highest BCUT2D eigenvalue weighted by Crippen LogP contribution is 2.24. The molecule has 0 radical (unpaired) electrons. The van der Waals surface area contributed by atoms with Gasteiger partial charge in [-0.3, -0.25) is 4.79 Å². The van der Waals surface area contributed by atoms with Gasteiger partial charge in [-0.2, -0.15) is 0 Å². The largest absolute Gasteiger partial charge is 0.483 e. The van der Waals surface area contributed by atoms with E-state index in [1.165, 1.54) is 12.1 Å². The molecule has 110 valence electrons. The molecule has 20 heavy (non-hydrogen) atoms. The molecular weight excluding hydrogens is 260 g/mol. The third-order valence-corrected chi connectivity index (χ3v) is 2.99. The van der Waals surface area contributed by atoms with Gasteiger partial charge in [0, 0.05) is 11.2 Å². The lowest BCUT2D eigenvalue weighted by molar-refractivity contribution is -0.124. The summed E-state index contributed by atoms with van der Waals surface area (Å²) in [5.74, 6) is -1.41. The number of nitrogen functional groups attached to an aromatic ring is 1. The summed E-state index contributed by atoms with van der Waals surface area (Å²) in [5, 5.41) is 11.9. The first-order valence-electron chi connectivity index (χ1n) is 6.32. The molecule has 1 aromatic carbocycles. The minimum absolute atomic E-state index is 0.0851. The number of carbonyl (C=O) groups excluding carboxylic acids is 1. The lowest BCUT2D eigenvalue weighted by Crippen LogP contribution is -2.45. The summed E-state index contributed by atoms with van der Waals surface area (Å²) in [6.45, 7) is 5.50. The fourth-order valence-corrected chi connectivity index (χ4v) is 1.54. The van der Waals surface area contributed by atoms with Gasteiger partial charge < -0.3 is 20.9 Å². The average molecular weight is 280 g/mol. The van der Waals surface area contributed by atoms with Crippen molar-refractivity contribution < 1.29 is 19.4 Å². The number of amides is 1. The number of nitrogens with two attached hydrogens (primary N) is 1. The van der Waals surface area contributed by atoms with Crippen molar-refractivity contribution in [1.82, 2.24) is 5.32 Å². The molecule has 1 amide bonds. The Balaban J connectivity index is 2.74. The molecule has 0 aliphatic rings. The fraction of sp³-hybridized carbons (Fsp3) is 0.429. The Bertz CT molecular complexity index is 512. The van der Waals surface area contributed by atoms with Crippen LogP contribution in [0.25, 0.3) is 0 Å². The molecule has 0 saturated carbocycles. The molecule has 1 rings (SSSR count). The molecule has 0 heterocycles. The molecule has 0 fully saturated rings. The van der Waals surface area contributed by atoms with Gasteiger partial charge in [0.05, 0.1) is 0 Å². The maximum atomic E-state index is 11.7. The van der Waals surface area contributed by atoms with Gasteiger partial charge in [-0.25, -0.2) is 4.79 Å². The Morgan fingerprint density at radius 1 is 1.40 bits per heavy atom. The predicted octanol–water partition coefficient (Wildman–Crippen LogP) is 1.65. The molecule has 0 aliphatic carbocycles. The number of hydrogen-bond donors (Lipinski definition) is 3. The van der Waals surface area contributed by atoms with E-state index in [0.717, 1.165) is 6.42 Å². The Morgan fingerprint density at radius 2 is 2.05 bits per heavy atom. The molecule has 0 aliphatic heterocycles. The second kappa shape index (κ2) is 6.27. The number of carboxylic acids is 1. The molecular formula is C14H20N2O4. The lowest BCUT2D eigenvalue weighted by atomic mass is 10.0. The highest BCUT2D eigenvalue weighted by molar-refractivity contribution is 5.96. The van der Waals surface area contributed by atoms with Gasteiger partial charge in [-0.15, -0.1) is 0 Å². The normalized spacial score (nSPS) is 10.9. The van der Waals surface area contributed by atoms with E-state index in [4.69, 9.17) is 15.6 Å². The predicted molar refractivity (Wildman–Crippen MR) is 75.8 cm³/mol. The van der Waals surface area contributed by atoms with E-state index in [2.05, 4.69) is 5.32 Å². The molecule has 0 saturated heterocycles. The maximum absolute atomic E-state index is 11.7. The molecule has 6 nitrogen and oxygen atoms in total. The van der Waals surface area contributed by atoms with Crippen molar-refractivity contribution in [2.45, 2.75) is 32.7 Å². The van der Waals surface area contributed by atoms with Crippen molar-refractivity contribution in [2.24, 2.45) is 0 Å². The summed E-state index contributed by atoms with van der Waals surface area (Å²) in [4.78, 5) is 22.8. The van der Waals surface area contributed by atoms with Crippen LogP contribution in [0.2, 0.25) is 0 Å². The van der Waals surface area contributed by atoms with Crippen LogP contribution in [0.3, 0.4) is 0 Å². The number of carbonyl (C=O) groups is 2. The molecule has 0 unspecified atom stereocenters. The van der Waals surface area contributed by atoms with Crippen LogP contribution < -0.4 is 15.8 Å². The number of anilines is 1. The maximum Gasteiger partial charge on any atom is 0.341 e. The van der Waals surface area contributed by atoms with Crippen LogP contribution in [0.1, 0.15) is 37.6 Å². The number of benzene rings is 1. The van der Waals surface area contributed by atoms with E-state index in [1.807, 2.05) is 20.8 Å². The van der Waals surface area contributed by atoms with Gasteiger partial charge in [-0.05, 0) is 32.4 Å². The van der Waals surface area contributed by atoms with Crippen molar-refractivity contribution in [2.75, 3.05) is 12.3 Å². The van der Waals surface area contributed by atoms with E-state index in [9.17, 15) is 9.59 Å². The van der Waals surface area contributed by atoms with Crippen LogP contribution in [0.5, 0.6) is 5.75 Å². The Labute approximate surface area is 117 Å². The third-order valence-electron chi connectivity index (χ3n) is 2.99. The minimum Gasteiger partial charge on any atom is -0.483 e. The summed E-state index contributed by atoms with van der Waals surface area (Å²) < 4.78 is 5.26. The zero-order valence-electron chi connectivity index (χ0n) is 11.9. The number of rotatable bonds is 6. The molecule has 0 spiro atoms. The number of carboxylic acid groups (broad SMARTS) is 1. The van der Waals surface area contributed by atoms with Gasteiger partial charge in [0.15, 0.2) is 6.61 Å². The van der Waals surface area contributed by atoms with E-state index in [0.29, 0.717) is 0 Å². The number of aromatic carboxylic acids is 1. The number of ether oxygens (including phenoxy) is 1. The smallest absolute Gasteiger partial charge is 0.341 e. The summed E-state index contributed by atoms with van der Waals surface area (Å²) in [6, 6.07) is 4.51. The minimum atomic E-state index is -1.19. The van der Waals surface area contributed by atoms with Crippen LogP contribution >= 0.6 is 0 Å². The van der Waals surface area contributed by atoms with Gasteiger partial charge in [-0.1, -0.05) is 13.0 Å². The highest BCUT2D eigenvalue weighted by atomic mass is 16.5. The first-order chi connectivity index (χ1) is 9.26. The lowest BCUT2D eigenvalue weighted by Gasteiger charge is -2.24. The van der Waals surface area contributed by atoms with Crippen LogP contribution in [0.4, 0.5) is 5.69 Å². The van der Waals surface area contributed by atoms with Gasteiger partial charge in [0.2, 0.25) is 0 Å². The van der Waals surface area contributed by atoms with Crippen LogP contribution in [-0.2, 0) is 4.79 Å². The summed E-state index contributed by atoms with van der Waals surface area (Å²) >= 11 is 0. The second-order valence-corrected chi connectivity index (χ2v) is 5.10. The Kier molecular flexibility index (Phi) is 4.96. The zero-order valence-corrected chi connectivity index (χ0v) is 11.9. The standard InChI is InChI=1S/C14H20N2O4/c1-4-14(2,3)16-11(17)8-20-10-7-5-6-9(15)12(10)13(18)19/h5-7H,4,8,15H2,1-3H3,(H,16,17)(H,18,19). The van der Waals surface area contributed by atoms with E-state index >= 15 is 0 Å². The summed E-state index contributed by atoms with van der Waals surface area (Å²) in [7, 11) is 0. The zero-order chi connectivity index (χ0) is 15.3. The van der Waals surface area contributed by atoms with Gasteiger partial charge in [0.25, 0.3) is 5.91 Å². The molecule has 6 heteroatoms. The fourth-order valence-electron chi connectivity index (χ4n) is 1.54. The van der Waals surface area contributed by atoms with Gasteiger partial charge >= 0.3 is 5.97 Å². The van der Waals surface area contributed by atoms with Crippen LogP contribution in [-0.4, -0.2) is 29.1 Å². The van der Waals surface area contributed by atoms with Crippen molar-refractivity contribution >= 4 is 17.6 Å². The molecule has 0 atom stereocenters. The van der Waals surface area contributed by atoms with Crippen molar-refractivity contribution in [3.63, 3.8) is 0 Å². The first kappa shape index (κ1) is 15.8. The van der Waals surface area contributed by atoms with Crippen LogP contribution in [0, 0.1) is 0 Å². The second-order valence-electron chi connectivity index (χ2n) is 5.10. The number of hydrogen-bond acceptors (Lipinski definition) is 4. The average Bonchev–Trinajstić information content (AvgIpc) is 2.35. The Hall–Kier alpha value is -2.24. The van der Waals surface area contributed by atoms with Crippen molar-refractivity contribution in [3.05, 3.63) is 23.8 Å². The monoisotopic (exact) mass is 280 g/mol. The van der Waals surface area contributed by atoms with E-state index in [-0.39, 0.29) is 35.1 Å². The summed E-state index contributed by atoms with van der Waals surface area (Å²) in [5.41, 5.74) is 5.23. The molecule has 4 N–H and O–H groups in total. The highest BCUT2D eigenvalue weighted by Gasteiger charge is 2.19. The third kappa shape index (κ3) is 4.15. The number of nitrogens with one attached hydrogen (secondary N) is 1. The van der Waals surface area contributed by atoms with Crippen molar-refractivity contribution in [1.29, 1.82) is 0 Å². The Morgan fingerprint density at radius 3 is 2.60 bits per heavy atom. The quantitative estimate of drug-likeness (QED) is 0.688. The SMILES string of the molecule is CCC(C)(C)NC(=O)COc1cccc(N)c1C(=O)O. The van der Waals surface area contributed by atoms with E-state index in [1.54, 1.807) is 6.07 Å². The molecule has 0 aromatic heterocycles.